The van der Waals surface area contributed by atoms with Gasteiger partial charge in [0.2, 0.25) is 15.9 Å². The average Bonchev–Trinajstić information content (AvgIpc) is 3.44. The van der Waals surface area contributed by atoms with Crippen LogP contribution in [0.25, 0.3) is 0 Å². The van der Waals surface area contributed by atoms with Crippen molar-refractivity contribution in [3.05, 3.63) is 53.1 Å². The molecule has 0 spiro atoms. The average molecular weight is 407 g/mol. The van der Waals surface area contributed by atoms with Crippen LogP contribution in [0, 0.1) is 5.92 Å². The molecule has 1 atom stereocenters. The molecule has 27 heavy (non-hydrogen) atoms. The zero-order valence-corrected chi connectivity index (χ0v) is 16.0. The van der Waals surface area contributed by atoms with E-state index in [0.29, 0.717) is 17.1 Å². The van der Waals surface area contributed by atoms with Crippen molar-refractivity contribution in [2.75, 3.05) is 11.9 Å². The first-order chi connectivity index (χ1) is 12.9. The van der Waals surface area contributed by atoms with Crippen molar-refractivity contribution < 1.29 is 17.9 Å². The molecule has 1 aliphatic heterocycles. The number of carbonyl (C=O) groups excluding carboxylic acids is 1. The van der Waals surface area contributed by atoms with Gasteiger partial charge in [0.15, 0.2) is 0 Å². The number of hydrogen-bond donors (Lipinski definition) is 2. The number of anilines is 1. The van der Waals surface area contributed by atoms with Gasteiger partial charge in [-0.3, -0.25) is 4.79 Å². The van der Waals surface area contributed by atoms with Gasteiger partial charge in [-0.2, -0.15) is 0 Å². The Bertz CT molecular complexity index is 989. The molecule has 0 bridgehead atoms. The number of fused-ring (bicyclic) bond motifs is 1. The largest absolute Gasteiger partial charge is 0.492 e. The number of ether oxygens (including phenoxy) is 1. The van der Waals surface area contributed by atoms with E-state index < -0.39 is 10.0 Å². The van der Waals surface area contributed by atoms with E-state index in [1.807, 2.05) is 0 Å². The molecular formula is C19H19ClN2O4S. The van der Waals surface area contributed by atoms with E-state index in [2.05, 4.69) is 10.0 Å². The fraction of sp³-hybridized carbons (Fsp3) is 0.316. The number of hydrogen-bond acceptors (Lipinski definition) is 4. The van der Waals surface area contributed by atoms with Gasteiger partial charge in [-0.1, -0.05) is 17.7 Å². The summed E-state index contributed by atoms with van der Waals surface area (Å²) in [4.78, 5) is 12.8. The van der Waals surface area contributed by atoms with Crippen LogP contribution in [0.2, 0.25) is 5.02 Å². The van der Waals surface area contributed by atoms with Crippen molar-refractivity contribution in [2.45, 2.75) is 30.2 Å². The van der Waals surface area contributed by atoms with Gasteiger partial charge in [-0.05, 0) is 61.2 Å². The lowest BCUT2D eigenvalue weighted by molar-refractivity contribution is -0.121. The fourth-order valence-electron chi connectivity index (χ4n) is 3.01. The Hall–Kier alpha value is -2.09. The highest BCUT2D eigenvalue weighted by Gasteiger charge is 2.29. The van der Waals surface area contributed by atoms with Crippen LogP contribution in [0.4, 0.5) is 5.69 Å². The molecule has 4 rings (SSSR count). The minimum atomic E-state index is -3.57. The summed E-state index contributed by atoms with van der Waals surface area (Å²) < 4.78 is 33.0. The van der Waals surface area contributed by atoms with Crippen LogP contribution in [0.15, 0.2) is 47.4 Å². The van der Waals surface area contributed by atoms with Gasteiger partial charge in [-0.25, -0.2) is 13.1 Å². The molecule has 1 heterocycles. The lowest BCUT2D eigenvalue weighted by atomic mass is 9.96. The molecule has 2 N–H and O–H groups in total. The van der Waals surface area contributed by atoms with Crippen LogP contribution >= 0.6 is 11.6 Å². The lowest BCUT2D eigenvalue weighted by Crippen LogP contribution is -2.32. The first-order valence-corrected chi connectivity index (χ1v) is 10.6. The SMILES string of the molecule is O=C(Nc1cccc(S(=O)(=O)NC2CC2)c1)C1COc2ccc(Cl)cc2C1. The molecule has 1 aliphatic carbocycles. The monoisotopic (exact) mass is 406 g/mol. The Morgan fingerprint density at radius 1 is 1.15 bits per heavy atom. The van der Waals surface area contributed by atoms with Crippen LogP contribution in [-0.2, 0) is 21.2 Å². The summed E-state index contributed by atoms with van der Waals surface area (Å²) in [5.41, 5.74) is 1.33. The van der Waals surface area contributed by atoms with Gasteiger partial charge in [0.1, 0.15) is 12.4 Å². The number of nitrogens with one attached hydrogen (secondary N) is 2. The van der Waals surface area contributed by atoms with Crippen molar-refractivity contribution in [1.82, 2.24) is 4.72 Å². The summed E-state index contributed by atoms with van der Waals surface area (Å²) in [5.74, 6) is 0.147. The number of carbonyl (C=O) groups is 1. The predicted molar refractivity (Wildman–Crippen MR) is 103 cm³/mol. The number of benzene rings is 2. The maximum absolute atomic E-state index is 12.6. The third kappa shape index (κ3) is 4.26. The van der Waals surface area contributed by atoms with Gasteiger partial charge in [-0.15, -0.1) is 0 Å². The van der Waals surface area contributed by atoms with E-state index in [1.165, 1.54) is 12.1 Å². The Morgan fingerprint density at radius 3 is 2.74 bits per heavy atom. The van der Waals surface area contributed by atoms with E-state index in [9.17, 15) is 13.2 Å². The van der Waals surface area contributed by atoms with Crippen LogP contribution in [0.3, 0.4) is 0 Å². The molecule has 2 aromatic rings. The fourth-order valence-corrected chi connectivity index (χ4v) is 4.55. The predicted octanol–water partition coefficient (Wildman–Crippen LogP) is 2.97. The number of halogens is 1. The molecule has 2 aromatic carbocycles. The van der Waals surface area contributed by atoms with Gasteiger partial charge in [0.25, 0.3) is 0 Å². The molecule has 6 nitrogen and oxygen atoms in total. The van der Waals surface area contributed by atoms with Crippen LogP contribution < -0.4 is 14.8 Å². The maximum Gasteiger partial charge on any atom is 0.240 e. The van der Waals surface area contributed by atoms with Crippen LogP contribution in [-0.4, -0.2) is 27.0 Å². The second-order valence-electron chi connectivity index (χ2n) is 6.88. The maximum atomic E-state index is 12.6. The number of amides is 1. The van der Waals surface area contributed by atoms with Crippen molar-refractivity contribution in [2.24, 2.45) is 5.92 Å². The summed E-state index contributed by atoms with van der Waals surface area (Å²) in [6.07, 6.45) is 2.24. The normalized spacial score (nSPS) is 19.1. The molecule has 1 unspecified atom stereocenters. The molecule has 2 aliphatic rings. The third-order valence-electron chi connectivity index (χ3n) is 4.61. The van der Waals surface area contributed by atoms with E-state index >= 15 is 0 Å². The zero-order valence-electron chi connectivity index (χ0n) is 14.4. The summed E-state index contributed by atoms with van der Waals surface area (Å²) >= 11 is 6.02. The molecule has 1 fully saturated rings. The second-order valence-corrected chi connectivity index (χ2v) is 9.03. The first kappa shape index (κ1) is 18.3. The van der Waals surface area contributed by atoms with Crippen LogP contribution in [0.1, 0.15) is 18.4 Å². The minimum absolute atomic E-state index is 0.0273. The van der Waals surface area contributed by atoms with Gasteiger partial charge < -0.3 is 10.1 Å². The quantitative estimate of drug-likeness (QED) is 0.799. The van der Waals surface area contributed by atoms with Crippen molar-refractivity contribution >= 4 is 33.2 Å². The Kier molecular flexibility index (Phi) is 4.84. The van der Waals surface area contributed by atoms with E-state index in [1.54, 1.807) is 30.3 Å². The molecule has 1 saturated carbocycles. The van der Waals surface area contributed by atoms with Crippen molar-refractivity contribution in [1.29, 1.82) is 0 Å². The standard InChI is InChI=1S/C19H19ClN2O4S/c20-14-4-7-18-12(9-14)8-13(11-26-18)19(23)21-16-2-1-3-17(10-16)27(24,25)22-15-5-6-15/h1-4,7,9-10,13,15,22H,5-6,8,11H2,(H,21,23). The zero-order chi connectivity index (χ0) is 19.0. The summed E-state index contributed by atoms with van der Waals surface area (Å²) in [7, 11) is -3.57. The van der Waals surface area contributed by atoms with Gasteiger partial charge >= 0.3 is 0 Å². The van der Waals surface area contributed by atoms with Crippen molar-refractivity contribution in [3.63, 3.8) is 0 Å². The summed E-state index contributed by atoms with van der Waals surface area (Å²) in [5, 5.41) is 3.39. The Balaban J connectivity index is 1.46. The van der Waals surface area contributed by atoms with Crippen LogP contribution in [0.5, 0.6) is 5.75 Å². The molecular weight excluding hydrogens is 388 g/mol. The molecule has 0 radical (unpaired) electrons. The molecule has 1 amide bonds. The third-order valence-corrected chi connectivity index (χ3v) is 6.36. The summed E-state index contributed by atoms with van der Waals surface area (Å²) in [6, 6.07) is 11.6. The van der Waals surface area contributed by atoms with E-state index in [0.717, 1.165) is 24.2 Å². The highest BCUT2D eigenvalue weighted by atomic mass is 35.5. The lowest BCUT2D eigenvalue weighted by Gasteiger charge is -2.24. The highest BCUT2D eigenvalue weighted by Crippen LogP contribution is 2.30. The van der Waals surface area contributed by atoms with Gasteiger partial charge in [0, 0.05) is 16.8 Å². The molecule has 0 saturated heterocycles. The Morgan fingerprint density at radius 2 is 1.96 bits per heavy atom. The highest BCUT2D eigenvalue weighted by molar-refractivity contribution is 7.89. The number of rotatable bonds is 5. The van der Waals surface area contributed by atoms with Gasteiger partial charge in [0.05, 0.1) is 10.8 Å². The van der Waals surface area contributed by atoms with E-state index in [4.69, 9.17) is 16.3 Å². The van der Waals surface area contributed by atoms with E-state index in [-0.39, 0.29) is 29.4 Å². The second kappa shape index (κ2) is 7.14. The molecule has 0 aromatic heterocycles. The molecule has 142 valence electrons. The Labute approximate surface area is 162 Å². The first-order valence-electron chi connectivity index (χ1n) is 8.75. The molecule has 8 heteroatoms. The van der Waals surface area contributed by atoms with Crippen molar-refractivity contribution in [3.8, 4) is 5.75 Å². The topological polar surface area (TPSA) is 84.5 Å². The minimum Gasteiger partial charge on any atom is -0.492 e. The summed E-state index contributed by atoms with van der Waals surface area (Å²) in [6.45, 7) is 0.266. The number of sulfonamides is 1. The smallest absolute Gasteiger partial charge is 0.240 e.